The highest BCUT2D eigenvalue weighted by Gasteiger charge is 2.17. The highest BCUT2D eigenvalue weighted by atomic mass is 19.3. The van der Waals surface area contributed by atoms with Gasteiger partial charge in [0, 0.05) is 6.20 Å². The first-order valence-corrected chi connectivity index (χ1v) is 3.51. The number of alkyl halides is 2. The minimum absolute atomic E-state index is 0.129. The molecule has 0 aliphatic heterocycles. The van der Waals surface area contributed by atoms with Crippen molar-refractivity contribution in [2.45, 2.75) is 13.3 Å². The van der Waals surface area contributed by atoms with Crippen molar-refractivity contribution < 1.29 is 8.78 Å². The molecule has 0 saturated heterocycles. The molecule has 0 aromatic carbocycles. The smallest absolute Gasteiger partial charge is 0.267 e. The van der Waals surface area contributed by atoms with Crippen LogP contribution in [0.4, 0.5) is 14.6 Å². The molecule has 0 radical (unpaired) electrons. The maximum Gasteiger partial charge on any atom is 0.267 e. The van der Waals surface area contributed by atoms with Gasteiger partial charge in [0.15, 0.2) is 0 Å². The summed E-state index contributed by atoms with van der Waals surface area (Å²) in [6.45, 7) is 1.43. The Hall–Kier alpha value is -1.70. The molecule has 0 saturated carbocycles. The number of hydrogen-bond acceptors (Lipinski definition) is 3. The van der Waals surface area contributed by atoms with Crippen molar-refractivity contribution in [1.82, 2.24) is 4.98 Å². The van der Waals surface area contributed by atoms with Gasteiger partial charge in [-0.3, -0.25) is 0 Å². The first-order valence-electron chi connectivity index (χ1n) is 3.51. The van der Waals surface area contributed by atoms with Crippen molar-refractivity contribution in [2.24, 2.45) is 0 Å². The van der Waals surface area contributed by atoms with Crippen LogP contribution in [0, 0.1) is 18.3 Å². The standard InChI is InChI=1S/C8H7F2N3/c1-4-5(2-11)3-13-8(12)6(4)7(9)10/h3,7H,1H3,(H2,12,13). The van der Waals surface area contributed by atoms with Gasteiger partial charge in [0.05, 0.1) is 11.1 Å². The van der Waals surface area contributed by atoms with Crippen molar-refractivity contribution in [3.63, 3.8) is 0 Å². The summed E-state index contributed by atoms with van der Waals surface area (Å²) in [4.78, 5) is 3.51. The zero-order valence-electron chi connectivity index (χ0n) is 6.88. The molecule has 5 heteroatoms. The Kier molecular flexibility index (Phi) is 2.42. The molecule has 0 aliphatic rings. The van der Waals surface area contributed by atoms with Gasteiger partial charge < -0.3 is 5.73 Å². The predicted octanol–water partition coefficient (Wildman–Crippen LogP) is 1.78. The molecule has 0 amide bonds. The Morgan fingerprint density at radius 2 is 2.23 bits per heavy atom. The van der Waals surface area contributed by atoms with E-state index in [-0.39, 0.29) is 22.5 Å². The first-order chi connectivity index (χ1) is 6.07. The van der Waals surface area contributed by atoms with Crippen LogP contribution in [-0.4, -0.2) is 4.98 Å². The van der Waals surface area contributed by atoms with Crippen LogP contribution in [0.2, 0.25) is 0 Å². The molecule has 1 heterocycles. The van der Waals surface area contributed by atoms with Crippen LogP contribution in [0.15, 0.2) is 6.20 Å². The third-order valence-electron chi connectivity index (χ3n) is 1.76. The molecule has 1 rings (SSSR count). The Morgan fingerprint density at radius 3 is 2.69 bits per heavy atom. The highest BCUT2D eigenvalue weighted by Crippen LogP contribution is 2.28. The fourth-order valence-corrected chi connectivity index (χ4v) is 1.03. The van der Waals surface area contributed by atoms with Crippen LogP contribution in [-0.2, 0) is 0 Å². The number of nitriles is 1. The summed E-state index contributed by atoms with van der Waals surface area (Å²) in [7, 11) is 0. The lowest BCUT2D eigenvalue weighted by atomic mass is 10.1. The number of halogens is 2. The fourth-order valence-electron chi connectivity index (χ4n) is 1.03. The minimum Gasteiger partial charge on any atom is -0.383 e. The van der Waals surface area contributed by atoms with E-state index in [4.69, 9.17) is 11.0 Å². The van der Waals surface area contributed by atoms with E-state index < -0.39 is 6.43 Å². The third-order valence-corrected chi connectivity index (χ3v) is 1.76. The van der Waals surface area contributed by atoms with Crippen LogP contribution < -0.4 is 5.73 Å². The average molecular weight is 183 g/mol. The summed E-state index contributed by atoms with van der Waals surface area (Å²) in [5.74, 6) is -0.216. The number of hydrogen-bond donors (Lipinski definition) is 1. The number of nitrogens with two attached hydrogens (primary N) is 1. The van der Waals surface area contributed by atoms with Crippen LogP contribution >= 0.6 is 0 Å². The molecule has 0 spiro atoms. The Morgan fingerprint density at radius 1 is 1.62 bits per heavy atom. The van der Waals surface area contributed by atoms with Crippen molar-refractivity contribution in [3.05, 3.63) is 22.9 Å². The lowest BCUT2D eigenvalue weighted by Crippen LogP contribution is -2.02. The molecule has 0 aliphatic carbocycles. The number of rotatable bonds is 1. The highest BCUT2D eigenvalue weighted by molar-refractivity contribution is 5.51. The first kappa shape index (κ1) is 9.39. The lowest BCUT2D eigenvalue weighted by Gasteiger charge is -2.07. The summed E-state index contributed by atoms with van der Waals surface area (Å²) in [6, 6.07) is 1.77. The second kappa shape index (κ2) is 3.35. The summed E-state index contributed by atoms with van der Waals surface area (Å²) in [6.07, 6.45) is -1.50. The molecule has 0 fully saturated rings. The molecular formula is C8H7F2N3. The van der Waals surface area contributed by atoms with E-state index in [1.165, 1.54) is 13.1 Å². The molecule has 13 heavy (non-hydrogen) atoms. The van der Waals surface area contributed by atoms with Gasteiger partial charge >= 0.3 is 0 Å². The van der Waals surface area contributed by atoms with Gasteiger partial charge in [0.1, 0.15) is 11.9 Å². The van der Waals surface area contributed by atoms with E-state index >= 15 is 0 Å². The van der Waals surface area contributed by atoms with Crippen molar-refractivity contribution in [3.8, 4) is 6.07 Å². The van der Waals surface area contributed by atoms with Crippen molar-refractivity contribution in [1.29, 1.82) is 5.26 Å². The van der Waals surface area contributed by atoms with Gasteiger partial charge in [-0.05, 0) is 12.5 Å². The summed E-state index contributed by atoms with van der Waals surface area (Å²) < 4.78 is 24.8. The molecule has 0 unspecified atom stereocenters. The number of nitrogens with zero attached hydrogens (tertiary/aromatic N) is 2. The molecule has 1 aromatic heterocycles. The summed E-state index contributed by atoms with van der Waals surface area (Å²) in [5, 5.41) is 8.54. The predicted molar refractivity (Wildman–Crippen MR) is 43.1 cm³/mol. The van der Waals surface area contributed by atoms with Gasteiger partial charge in [-0.25, -0.2) is 13.8 Å². The fraction of sp³-hybridized carbons (Fsp3) is 0.250. The quantitative estimate of drug-likeness (QED) is 0.721. The molecule has 0 atom stereocenters. The van der Waals surface area contributed by atoms with Crippen LogP contribution in [0.3, 0.4) is 0 Å². The molecular weight excluding hydrogens is 176 g/mol. The Balaban J connectivity index is 3.41. The molecule has 1 aromatic rings. The van der Waals surface area contributed by atoms with Crippen LogP contribution in [0.5, 0.6) is 0 Å². The monoisotopic (exact) mass is 183 g/mol. The van der Waals surface area contributed by atoms with Gasteiger partial charge in [-0.1, -0.05) is 0 Å². The molecule has 3 nitrogen and oxygen atoms in total. The van der Waals surface area contributed by atoms with Crippen LogP contribution in [0.1, 0.15) is 23.1 Å². The molecule has 68 valence electrons. The number of pyridine rings is 1. The Bertz CT molecular complexity index is 368. The maximum absolute atomic E-state index is 12.4. The SMILES string of the molecule is Cc1c(C#N)cnc(N)c1C(F)F. The third kappa shape index (κ3) is 1.56. The lowest BCUT2D eigenvalue weighted by molar-refractivity contribution is 0.151. The van der Waals surface area contributed by atoms with E-state index in [9.17, 15) is 8.78 Å². The summed E-state index contributed by atoms with van der Waals surface area (Å²) in [5.41, 5.74) is 5.23. The molecule has 2 N–H and O–H groups in total. The summed E-state index contributed by atoms with van der Waals surface area (Å²) >= 11 is 0. The van der Waals surface area contributed by atoms with E-state index in [0.717, 1.165) is 0 Å². The maximum atomic E-state index is 12.4. The van der Waals surface area contributed by atoms with Crippen molar-refractivity contribution in [2.75, 3.05) is 5.73 Å². The van der Waals surface area contributed by atoms with E-state index in [2.05, 4.69) is 4.98 Å². The second-order valence-electron chi connectivity index (χ2n) is 2.51. The van der Waals surface area contributed by atoms with Gasteiger partial charge in [0.25, 0.3) is 6.43 Å². The Labute approximate surface area is 73.8 Å². The normalized spacial score (nSPS) is 10.1. The average Bonchev–Trinajstić information content (AvgIpc) is 2.04. The number of nitrogen functional groups attached to an aromatic ring is 1. The number of aromatic nitrogens is 1. The minimum atomic E-state index is -2.69. The van der Waals surface area contributed by atoms with E-state index in [1.54, 1.807) is 6.07 Å². The van der Waals surface area contributed by atoms with Crippen molar-refractivity contribution >= 4 is 5.82 Å². The van der Waals surface area contributed by atoms with E-state index in [0.29, 0.717) is 0 Å². The topological polar surface area (TPSA) is 62.7 Å². The van der Waals surface area contributed by atoms with Crippen LogP contribution in [0.25, 0.3) is 0 Å². The van der Waals surface area contributed by atoms with Gasteiger partial charge in [0.2, 0.25) is 0 Å². The largest absolute Gasteiger partial charge is 0.383 e. The zero-order valence-corrected chi connectivity index (χ0v) is 6.88. The van der Waals surface area contributed by atoms with Gasteiger partial charge in [-0.15, -0.1) is 0 Å². The zero-order chi connectivity index (χ0) is 10.0. The van der Waals surface area contributed by atoms with E-state index in [1.807, 2.05) is 0 Å². The molecule has 0 bridgehead atoms. The van der Waals surface area contributed by atoms with Gasteiger partial charge in [-0.2, -0.15) is 5.26 Å². The second-order valence-corrected chi connectivity index (χ2v) is 2.51. The number of anilines is 1.